The van der Waals surface area contributed by atoms with Crippen LogP contribution in [0.5, 0.6) is 5.75 Å². The van der Waals surface area contributed by atoms with Crippen molar-refractivity contribution in [1.29, 1.82) is 0 Å². The van der Waals surface area contributed by atoms with Crippen molar-refractivity contribution in [3.05, 3.63) is 78.9 Å². The summed E-state index contributed by atoms with van der Waals surface area (Å²) in [5, 5.41) is 9.51. The first-order valence-electron chi connectivity index (χ1n) is 9.97. The Morgan fingerprint density at radius 3 is 2.19 bits per heavy atom. The SMILES string of the molecule is CCOc1ccccc1NC(=O)C(C)Sc1ccc(NC(=S)Nc2ccccc2)cc1. The molecule has 1 atom stereocenters. The number of anilines is 3. The number of carbonyl (C=O) groups is 1. The molecule has 0 heterocycles. The van der Waals surface area contributed by atoms with Gasteiger partial charge in [-0.15, -0.1) is 11.8 Å². The van der Waals surface area contributed by atoms with Gasteiger partial charge < -0.3 is 20.7 Å². The van der Waals surface area contributed by atoms with Gasteiger partial charge in [-0.05, 0) is 74.6 Å². The number of para-hydroxylation sites is 3. The molecule has 3 N–H and O–H groups in total. The molecule has 3 aromatic rings. The highest BCUT2D eigenvalue weighted by Crippen LogP contribution is 2.28. The number of hydrogen-bond donors (Lipinski definition) is 3. The maximum atomic E-state index is 12.6. The molecule has 5 nitrogen and oxygen atoms in total. The van der Waals surface area contributed by atoms with Crippen LogP contribution in [0.4, 0.5) is 17.1 Å². The van der Waals surface area contributed by atoms with Gasteiger partial charge in [0.1, 0.15) is 5.75 Å². The van der Waals surface area contributed by atoms with E-state index >= 15 is 0 Å². The third-order valence-electron chi connectivity index (χ3n) is 4.27. The Bertz CT molecular complexity index is 1010. The average molecular weight is 452 g/mol. The molecule has 0 bridgehead atoms. The molecule has 0 spiro atoms. The minimum Gasteiger partial charge on any atom is -0.492 e. The van der Waals surface area contributed by atoms with E-state index in [1.807, 2.05) is 92.7 Å². The van der Waals surface area contributed by atoms with Gasteiger partial charge in [0, 0.05) is 16.3 Å². The summed E-state index contributed by atoms with van der Waals surface area (Å²) < 4.78 is 5.57. The van der Waals surface area contributed by atoms with Gasteiger partial charge in [0.2, 0.25) is 5.91 Å². The molecule has 0 aliphatic rings. The van der Waals surface area contributed by atoms with Crippen LogP contribution in [-0.4, -0.2) is 22.9 Å². The van der Waals surface area contributed by atoms with E-state index < -0.39 is 0 Å². The summed E-state index contributed by atoms with van der Waals surface area (Å²) in [6.07, 6.45) is 0. The summed E-state index contributed by atoms with van der Waals surface area (Å²) in [5.41, 5.74) is 2.49. The Kier molecular flexibility index (Phi) is 8.32. The lowest BCUT2D eigenvalue weighted by molar-refractivity contribution is -0.115. The molecule has 1 unspecified atom stereocenters. The summed E-state index contributed by atoms with van der Waals surface area (Å²) in [7, 11) is 0. The van der Waals surface area contributed by atoms with E-state index in [-0.39, 0.29) is 11.2 Å². The lowest BCUT2D eigenvalue weighted by atomic mass is 10.3. The van der Waals surface area contributed by atoms with Crippen LogP contribution in [0, 0.1) is 0 Å². The maximum absolute atomic E-state index is 12.6. The maximum Gasteiger partial charge on any atom is 0.237 e. The van der Waals surface area contributed by atoms with Crippen molar-refractivity contribution < 1.29 is 9.53 Å². The Balaban J connectivity index is 1.53. The third kappa shape index (κ3) is 7.01. The Labute approximate surface area is 192 Å². The van der Waals surface area contributed by atoms with Gasteiger partial charge in [-0.25, -0.2) is 0 Å². The number of nitrogens with one attached hydrogen (secondary N) is 3. The fourth-order valence-corrected chi connectivity index (χ4v) is 3.88. The minimum absolute atomic E-state index is 0.0763. The van der Waals surface area contributed by atoms with E-state index in [0.717, 1.165) is 16.3 Å². The molecule has 0 aromatic heterocycles. The van der Waals surface area contributed by atoms with E-state index in [9.17, 15) is 4.79 Å². The lowest BCUT2D eigenvalue weighted by Crippen LogP contribution is -2.22. The van der Waals surface area contributed by atoms with Crippen molar-refractivity contribution in [2.45, 2.75) is 24.0 Å². The number of thioether (sulfide) groups is 1. The largest absolute Gasteiger partial charge is 0.492 e. The molecule has 0 radical (unpaired) electrons. The minimum atomic E-state index is -0.269. The van der Waals surface area contributed by atoms with Gasteiger partial charge in [0.05, 0.1) is 17.5 Å². The lowest BCUT2D eigenvalue weighted by Gasteiger charge is -2.15. The molecule has 0 aliphatic carbocycles. The highest BCUT2D eigenvalue weighted by atomic mass is 32.2. The van der Waals surface area contributed by atoms with Crippen LogP contribution in [0.25, 0.3) is 0 Å². The Hall–Kier alpha value is -3.03. The number of thiocarbonyl (C=S) groups is 1. The predicted molar refractivity (Wildman–Crippen MR) is 134 cm³/mol. The first-order valence-corrected chi connectivity index (χ1v) is 11.3. The molecule has 3 aromatic carbocycles. The second kappa shape index (κ2) is 11.4. The van der Waals surface area contributed by atoms with Crippen molar-refractivity contribution >= 4 is 52.1 Å². The van der Waals surface area contributed by atoms with E-state index in [4.69, 9.17) is 17.0 Å². The Morgan fingerprint density at radius 1 is 0.903 bits per heavy atom. The number of rotatable bonds is 8. The molecular weight excluding hydrogens is 426 g/mol. The van der Waals surface area contributed by atoms with Gasteiger partial charge in [-0.2, -0.15) is 0 Å². The topological polar surface area (TPSA) is 62.4 Å². The second-order valence-electron chi connectivity index (χ2n) is 6.65. The quantitative estimate of drug-likeness (QED) is 0.288. The molecular formula is C24H25N3O2S2. The summed E-state index contributed by atoms with van der Waals surface area (Å²) in [6, 6.07) is 25.0. The summed E-state index contributed by atoms with van der Waals surface area (Å²) in [6.45, 7) is 4.34. The van der Waals surface area contributed by atoms with E-state index in [1.165, 1.54) is 11.8 Å². The molecule has 0 aliphatic heterocycles. The summed E-state index contributed by atoms with van der Waals surface area (Å²) in [5.74, 6) is 0.596. The zero-order chi connectivity index (χ0) is 22.1. The number of ether oxygens (including phenoxy) is 1. The standard InChI is InChI=1S/C24H25N3O2S2/c1-3-29-22-12-8-7-11-21(22)27-23(28)17(2)31-20-15-13-19(14-16-20)26-24(30)25-18-9-5-4-6-10-18/h4-17H,3H2,1-2H3,(H,27,28)(H2,25,26,30). The van der Waals surface area contributed by atoms with Crippen molar-refractivity contribution in [3.63, 3.8) is 0 Å². The first kappa shape index (κ1) is 22.7. The second-order valence-corrected chi connectivity index (χ2v) is 8.47. The van der Waals surface area contributed by atoms with Gasteiger partial charge in [0.15, 0.2) is 5.11 Å². The third-order valence-corrected chi connectivity index (χ3v) is 5.59. The molecule has 1 amide bonds. The van der Waals surface area contributed by atoms with Gasteiger partial charge >= 0.3 is 0 Å². The number of hydrogen-bond acceptors (Lipinski definition) is 4. The van der Waals surface area contributed by atoms with Crippen molar-refractivity contribution in [2.75, 3.05) is 22.6 Å². The monoisotopic (exact) mass is 451 g/mol. The number of benzene rings is 3. The average Bonchev–Trinajstić information content (AvgIpc) is 2.77. The van der Waals surface area contributed by atoms with Gasteiger partial charge in [-0.1, -0.05) is 30.3 Å². The van der Waals surface area contributed by atoms with E-state index in [0.29, 0.717) is 23.2 Å². The Morgan fingerprint density at radius 2 is 1.52 bits per heavy atom. The van der Waals surface area contributed by atoms with Crippen LogP contribution >= 0.6 is 24.0 Å². The summed E-state index contributed by atoms with van der Waals surface area (Å²) in [4.78, 5) is 13.6. The highest BCUT2D eigenvalue weighted by Gasteiger charge is 2.16. The van der Waals surface area contributed by atoms with Crippen molar-refractivity contribution in [3.8, 4) is 5.75 Å². The van der Waals surface area contributed by atoms with Crippen LogP contribution in [0.1, 0.15) is 13.8 Å². The zero-order valence-corrected chi connectivity index (χ0v) is 19.1. The predicted octanol–water partition coefficient (Wildman–Crippen LogP) is 6.01. The van der Waals surface area contributed by atoms with Crippen LogP contribution < -0.4 is 20.7 Å². The molecule has 7 heteroatoms. The van der Waals surface area contributed by atoms with E-state index in [2.05, 4.69) is 16.0 Å². The highest BCUT2D eigenvalue weighted by molar-refractivity contribution is 8.00. The van der Waals surface area contributed by atoms with Crippen LogP contribution in [0.2, 0.25) is 0 Å². The molecule has 31 heavy (non-hydrogen) atoms. The smallest absolute Gasteiger partial charge is 0.237 e. The van der Waals surface area contributed by atoms with Gasteiger partial charge in [0.25, 0.3) is 0 Å². The first-order chi connectivity index (χ1) is 15.0. The fraction of sp³-hybridized carbons (Fsp3) is 0.167. The molecule has 3 rings (SSSR count). The van der Waals surface area contributed by atoms with Gasteiger partial charge in [-0.3, -0.25) is 4.79 Å². The number of carbonyl (C=O) groups excluding carboxylic acids is 1. The summed E-state index contributed by atoms with van der Waals surface area (Å²) >= 11 is 6.85. The van der Waals surface area contributed by atoms with Crippen LogP contribution in [-0.2, 0) is 4.79 Å². The van der Waals surface area contributed by atoms with Crippen LogP contribution in [0.3, 0.4) is 0 Å². The fourth-order valence-electron chi connectivity index (χ4n) is 2.78. The van der Waals surface area contributed by atoms with Crippen molar-refractivity contribution in [2.24, 2.45) is 0 Å². The number of amides is 1. The van der Waals surface area contributed by atoms with Crippen molar-refractivity contribution in [1.82, 2.24) is 0 Å². The zero-order valence-electron chi connectivity index (χ0n) is 17.4. The van der Waals surface area contributed by atoms with Crippen LogP contribution in [0.15, 0.2) is 83.8 Å². The van der Waals surface area contributed by atoms with E-state index in [1.54, 1.807) is 0 Å². The molecule has 160 valence electrons. The molecule has 0 fully saturated rings. The molecule has 0 saturated carbocycles. The molecule has 0 saturated heterocycles. The normalized spacial score (nSPS) is 11.3.